The van der Waals surface area contributed by atoms with Crippen LogP contribution >= 0.6 is 0 Å². The third kappa shape index (κ3) is 2.65. The summed E-state index contributed by atoms with van der Waals surface area (Å²) in [7, 11) is 0. The fraction of sp³-hybridized carbons (Fsp3) is 0.636. The Hall–Kier alpha value is -1.16. The molecule has 1 N–H and O–H groups in total. The van der Waals surface area contributed by atoms with Gasteiger partial charge < -0.3 is 10.1 Å². The molecule has 0 unspecified atom stereocenters. The van der Waals surface area contributed by atoms with Crippen molar-refractivity contribution in [1.82, 2.24) is 9.97 Å². The molecule has 0 radical (unpaired) electrons. The first-order valence-electron chi connectivity index (χ1n) is 5.39. The van der Waals surface area contributed by atoms with Crippen LogP contribution in [0.5, 0.6) is 0 Å². The van der Waals surface area contributed by atoms with E-state index in [-0.39, 0.29) is 0 Å². The van der Waals surface area contributed by atoms with Gasteiger partial charge in [0.15, 0.2) is 0 Å². The van der Waals surface area contributed by atoms with Crippen molar-refractivity contribution in [3.8, 4) is 0 Å². The van der Waals surface area contributed by atoms with E-state index in [9.17, 15) is 0 Å². The zero-order valence-electron chi connectivity index (χ0n) is 9.23. The SMILES string of the molecule is CC(C)c1cc(NCC2COC2)ncn1. The molecule has 1 aliphatic heterocycles. The zero-order chi connectivity index (χ0) is 10.7. The minimum absolute atomic E-state index is 0.445. The third-order valence-electron chi connectivity index (χ3n) is 2.56. The lowest BCUT2D eigenvalue weighted by molar-refractivity contribution is -0.0248. The Labute approximate surface area is 90.1 Å². The van der Waals surface area contributed by atoms with E-state index in [1.807, 2.05) is 6.07 Å². The molecule has 0 amide bonds. The average Bonchev–Trinajstić information content (AvgIpc) is 2.16. The summed E-state index contributed by atoms with van der Waals surface area (Å²) in [5, 5.41) is 3.31. The number of ether oxygens (including phenoxy) is 1. The largest absolute Gasteiger partial charge is 0.381 e. The van der Waals surface area contributed by atoms with Crippen molar-refractivity contribution in [2.75, 3.05) is 25.1 Å². The van der Waals surface area contributed by atoms with Crippen LogP contribution in [0.1, 0.15) is 25.5 Å². The van der Waals surface area contributed by atoms with E-state index in [1.54, 1.807) is 6.33 Å². The maximum Gasteiger partial charge on any atom is 0.129 e. The standard InChI is InChI=1S/C11H17N3O/c1-8(2)10-3-11(14-7-13-10)12-4-9-5-15-6-9/h3,7-9H,4-6H2,1-2H3,(H,12,13,14). The van der Waals surface area contributed by atoms with Crippen LogP contribution < -0.4 is 5.32 Å². The predicted octanol–water partition coefficient (Wildman–Crippen LogP) is 1.66. The van der Waals surface area contributed by atoms with Gasteiger partial charge in [-0.3, -0.25) is 0 Å². The van der Waals surface area contributed by atoms with Crippen molar-refractivity contribution in [2.24, 2.45) is 5.92 Å². The first kappa shape index (κ1) is 10.4. The summed E-state index contributed by atoms with van der Waals surface area (Å²) < 4.78 is 5.11. The molecule has 0 spiro atoms. The van der Waals surface area contributed by atoms with E-state index in [2.05, 4.69) is 29.1 Å². The number of hydrogen-bond donors (Lipinski definition) is 1. The van der Waals surface area contributed by atoms with Crippen LogP contribution in [0.15, 0.2) is 12.4 Å². The minimum Gasteiger partial charge on any atom is -0.381 e. The summed E-state index contributed by atoms with van der Waals surface area (Å²) in [6, 6.07) is 2.02. The highest BCUT2D eigenvalue weighted by atomic mass is 16.5. The molecular formula is C11H17N3O. The zero-order valence-corrected chi connectivity index (χ0v) is 9.23. The molecule has 15 heavy (non-hydrogen) atoms. The lowest BCUT2D eigenvalue weighted by atomic mass is 10.1. The number of aromatic nitrogens is 2. The average molecular weight is 207 g/mol. The van der Waals surface area contributed by atoms with Gasteiger partial charge in [0.25, 0.3) is 0 Å². The molecule has 1 aromatic heterocycles. The monoisotopic (exact) mass is 207 g/mol. The number of hydrogen-bond acceptors (Lipinski definition) is 4. The summed E-state index contributed by atoms with van der Waals surface area (Å²) in [5.74, 6) is 2.00. The van der Waals surface area contributed by atoms with Crippen LogP contribution in [0.2, 0.25) is 0 Å². The Balaban J connectivity index is 1.92. The van der Waals surface area contributed by atoms with E-state index in [1.165, 1.54) is 0 Å². The fourth-order valence-electron chi connectivity index (χ4n) is 1.44. The van der Waals surface area contributed by atoms with E-state index in [0.29, 0.717) is 11.8 Å². The predicted molar refractivity (Wildman–Crippen MR) is 58.9 cm³/mol. The number of nitrogens with one attached hydrogen (secondary N) is 1. The Morgan fingerprint density at radius 1 is 1.47 bits per heavy atom. The van der Waals surface area contributed by atoms with E-state index in [0.717, 1.165) is 31.3 Å². The molecule has 0 saturated carbocycles. The van der Waals surface area contributed by atoms with Crippen molar-refractivity contribution >= 4 is 5.82 Å². The number of nitrogens with zero attached hydrogens (tertiary/aromatic N) is 2. The molecule has 82 valence electrons. The van der Waals surface area contributed by atoms with Crippen molar-refractivity contribution < 1.29 is 4.74 Å². The van der Waals surface area contributed by atoms with Gasteiger partial charge in [0.1, 0.15) is 12.1 Å². The van der Waals surface area contributed by atoms with Gasteiger partial charge in [-0.25, -0.2) is 9.97 Å². The second-order valence-electron chi connectivity index (χ2n) is 4.27. The number of rotatable bonds is 4. The van der Waals surface area contributed by atoms with Gasteiger partial charge in [0.2, 0.25) is 0 Å². The van der Waals surface area contributed by atoms with Gasteiger partial charge in [-0.2, -0.15) is 0 Å². The normalized spacial score (nSPS) is 16.5. The van der Waals surface area contributed by atoms with E-state index in [4.69, 9.17) is 4.74 Å². The molecule has 0 aliphatic carbocycles. The summed E-state index contributed by atoms with van der Waals surface area (Å²) >= 11 is 0. The second-order valence-corrected chi connectivity index (χ2v) is 4.27. The molecule has 0 bridgehead atoms. The minimum atomic E-state index is 0.445. The van der Waals surface area contributed by atoms with Crippen molar-refractivity contribution in [3.63, 3.8) is 0 Å². The van der Waals surface area contributed by atoms with Crippen LogP contribution in [0.3, 0.4) is 0 Å². The molecule has 1 aromatic rings. The topological polar surface area (TPSA) is 47.0 Å². The molecule has 1 saturated heterocycles. The van der Waals surface area contributed by atoms with Crippen LogP contribution in [0.25, 0.3) is 0 Å². The lowest BCUT2D eigenvalue weighted by Gasteiger charge is -2.26. The van der Waals surface area contributed by atoms with Gasteiger partial charge >= 0.3 is 0 Å². The molecule has 1 fully saturated rings. The Kier molecular flexibility index (Phi) is 3.16. The van der Waals surface area contributed by atoms with Gasteiger partial charge in [0.05, 0.1) is 13.2 Å². The summed E-state index contributed by atoms with van der Waals surface area (Å²) in [5.41, 5.74) is 1.08. The molecule has 1 aliphatic rings. The van der Waals surface area contributed by atoms with Crippen LogP contribution in [0.4, 0.5) is 5.82 Å². The first-order valence-corrected chi connectivity index (χ1v) is 5.39. The molecule has 2 heterocycles. The summed E-state index contributed by atoms with van der Waals surface area (Å²) in [6.07, 6.45) is 1.62. The highest BCUT2D eigenvalue weighted by Gasteiger charge is 2.17. The van der Waals surface area contributed by atoms with Crippen molar-refractivity contribution in [3.05, 3.63) is 18.1 Å². The first-order chi connectivity index (χ1) is 7.25. The molecule has 4 heteroatoms. The van der Waals surface area contributed by atoms with Gasteiger partial charge in [-0.1, -0.05) is 13.8 Å². The lowest BCUT2D eigenvalue weighted by Crippen LogP contribution is -2.33. The molecule has 0 aromatic carbocycles. The van der Waals surface area contributed by atoms with Gasteiger partial charge in [-0.05, 0) is 5.92 Å². The van der Waals surface area contributed by atoms with Gasteiger partial charge in [0, 0.05) is 24.2 Å². The molecular weight excluding hydrogens is 190 g/mol. The van der Waals surface area contributed by atoms with E-state index >= 15 is 0 Å². The molecule has 2 rings (SSSR count). The Morgan fingerprint density at radius 3 is 2.87 bits per heavy atom. The van der Waals surface area contributed by atoms with Crippen molar-refractivity contribution in [1.29, 1.82) is 0 Å². The third-order valence-corrected chi connectivity index (χ3v) is 2.56. The fourth-order valence-corrected chi connectivity index (χ4v) is 1.44. The van der Waals surface area contributed by atoms with Crippen LogP contribution in [-0.4, -0.2) is 29.7 Å². The quantitative estimate of drug-likeness (QED) is 0.815. The number of anilines is 1. The molecule has 0 atom stereocenters. The molecule has 4 nitrogen and oxygen atoms in total. The highest BCUT2D eigenvalue weighted by molar-refractivity contribution is 5.35. The maximum absolute atomic E-state index is 5.11. The van der Waals surface area contributed by atoms with Crippen LogP contribution in [0, 0.1) is 5.92 Å². The van der Waals surface area contributed by atoms with Crippen molar-refractivity contribution in [2.45, 2.75) is 19.8 Å². The van der Waals surface area contributed by atoms with Gasteiger partial charge in [-0.15, -0.1) is 0 Å². The van der Waals surface area contributed by atoms with E-state index < -0.39 is 0 Å². The maximum atomic E-state index is 5.11. The summed E-state index contributed by atoms with van der Waals surface area (Å²) in [4.78, 5) is 8.41. The Bertz CT molecular complexity index is 323. The van der Waals surface area contributed by atoms with Crippen LogP contribution in [-0.2, 0) is 4.74 Å². The Morgan fingerprint density at radius 2 is 2.27 bits per heavy atom. The smallest absolute Gasteiger partial charge is 0.129 e. The summed E-state index contributed by atoms with van der Waals surface area (Å²) in [6.45, 7) is 6.94. The highest BCUT2D eigenvalue weighted by Crippen LogP contribution is 2.15. The second kappa shape index (κ2) is 4.57.